The highest BCUT2D eigenvalue weighted by Crippen LogP contribution is 2.03. The van der Waals surface area contributed by atoms with E-state index in [9.17, 15) is 0 Å². The molecule has 1 unspecified atom stereocenters. The SMILES string of the molecule is CCC(Cl)CNCc1ncccc1C. The third-order valence-electron chi connectivity index (χ3n) is 2.22. The second-order valence-electron chi connectivity index (χ2n) is 3.40. The zero-order valence-corrected chi connectivity index (χ0v) is 9.51. The highest BCUT2D eigenvalue weighted by Gasteiger charge is 2.01. The van der Waals surface area contributed by atoms with Gasteiger partial charge in [0.05, 0.1) is 5.69 Å². The minimum atomic E-state index is 0.221. The Hall–Kier alpha value is -0.600. The van der Waals surface area contributed by atoms with Crippen LogP contribution in [0, 0.1) is 6.92 Å². The number of halogens is 1. The van der Waals surface area contributed by atoms with Crippen molar-refractivity contribution < 1.29 is 0 Å². The predicted octanol–water partition coefficient (Wildman–Crippen LogP) is 2.50. The van der Waals surface area contributed by atoms with Crippen LogP contribution < -0.4 is 5.32 Å². The van der Waals surface area contributed by atoms with Crippen LogP contribution in [0.15, 0.2) is 18.3 Å². The first-order valence-corrected chi connectivity index (χ1v) is 5.43. The number of aromatic nitrogens is 1. The number of nitrogens with zero attached hydrogens (tertiary/aromatic N) is 1. The Balaban J connectivity index is 2.35. The fourth-order valence-electron chi connectivity index (χ4n) is 1.19. The summed E-state index contributed by atoms with van der Waals surface area (Å²) >= 11 is 5.99. The molecule has 78 valence electrons. The van der Waals surface area contributed by atoms with Crippen LogP contribution in [0.4, 0.5) is 0 Å². The normalized spacial score (nSPS) is 12.8. The molecule has 3 heteroatoms. The third-order valence-corrected chi connectivity index (χ3v) is 2.68. The Kier molecular flexibility index (Phi) is 4.91. The van der Waals surface area contributed by atoms with Crippen LogP contribution in [-0.2, 0) is 6.54 Å². The monoisotopic (exact) mass is 212 g/mol. The van der Waals surface area contributed by atoms with Crippen molar-refractivity contribution in [3.63, 3.8) is 0 Å². The summed E-state index contributed by atoms with van der Waals surface area (Å²) in [4.78, 5) is 4.30. The summed E-state index contributed by atoms with van der Waals surface area (Å²) in [7, 11) is 0. The van der Waals surface area contributed by atoms with Gasteiger partial charge in [-0.25, -0.2) is 0 Å². The number of alkyl halides is 1. The summed E-state index contributed by atoms with van der Waals surface area (Å²) in [5.41, 5.74) is 2.33. The molecule has 0 spiro atoms. The van der Waals surface area contributed by atoms with Gasteiger partial charge in [-0.3, -0.25) is 4.98 Å². The summed E-state index contributed by atoms with van der Waals surface area (Å²) in [6, 6.07) is 4.03. The van der Waals surface area contributed by atoms with E-state index in [1.807, 2.05) is 12.3 Å². The minimum absolute atomic E-state index is 0.221. The minimum Gasteiger partial charge on any atom is -0.310 e. The highest BCUT2D eigenvalue weighted by molar-refractivity contribution is 6.20. The Bertz CT molecular complexity index is 276. The van der Waals surface area contributed by atoms with E-state index in [-0.39, 0.29) is 5.38 Å². The van der Waals surface area contributed by atoms with Gasteiger partial charge in [-0.1, -0.05) is 13.0 Å². The summed E-state index contributed by atoms with van der Waals surface area (Å²) in [6.45, 7) is 5.80. The molecule has 0 aliphatic rings. The summed E-state index contributed by atoms with van der Waals surface area (Å²) in [6.07, 6.45) is 2.82. The standard InChI is InChI=1S/C11H17ClN2/c1-3-10(12)7-13-8-11-9(2)5-4-6-14-11/h4-6,10,13H,3,7-8H2,1-2H3. The lowest BCUT2D eigenvalue weighted by molar-refractivity contribution is 0.637. The maximum atomic E-state index is 5.99. The van der Waals surface area contributed by atoms with Gasteiger partial charge in [0, 0.05) is 24.7 Å². The molecule has 1 aromatic rings. The molecule has 0 bridgehead atoms. The van der Waals surface area contributed by atoms with E-state index < -0.39 is 0 Å². The van der Waals surface area contributed by atoms with Crippen LogP contribution in [0.1, 0.15) is 24.6 Å². The van der Waals surface area contributed by atoms with Gasteiger partial charge in [0.25, 0.3) is 0 Å². The second kappa shape index (κ2) is 5.99. The van der Waals surface area contributed by atoms with Gasteiger partial charge in [0.2, 0.25) is 0 Å². The molecule has 0 aromatic carbocycles. The van der Waals surface area contributed by atoms with Crippen molar-refractivity contribution in [2.24, 2.45) is 0 Å². The molecule has 1 heterocycles. The maximum absolute atomic E-state index is 5.99. The van der Waals surface area contributed by atoms with Gasteiger partial charge >= 0.3 is 0 Å². The van der Waals surface area contributed by atoms with Gasteiger partial charge < -0.3 is 5.32 Å². The van der Waals surface area contributed by atoms with Gasteiger partial charge in [-0.2, -0.15) is 0 Å². The van der Waals surface area contributed by atoms with Crippen molar-refractivity contribution in [2.75, 3.05) is 6.54 Å². The van der Waals surface area contributed by atoms with Crippen LogP contribution in [0.25, 0.3) is 0 Å². The zero-order chi connectivity index (χ0) is 10.4. The van der Waals surface area contributed by atoms with Crippen molar-refractivity contribution in [1.82, 2.24) is 10.3 Å². The molecule has 0 saturated carbocycles. The molecule has 0 aliphatic carbocycles. The number of pyridine rings is 1. The number of nitrogens with one attached hydrogen (secondary N) is 1. The summed E-state index contributed by atoms with van der Waals surface area (Å²) in [5.74, 6) is 0. The summed E-state index contributed by atoms with van der Waals surface area (Å²) in [5, 5.41) is 3.52. The molecule has 0 saturated heterocycles. The van der Waals surface area contributed by atoms with Gasteiger partial charge in [0.15, 0.2) is 0 Å². The number of hydrogen-bond acceptors (Lipinski definition) is 2. The Morgan fingerprint density at radius 3 is 3.00 bits per heavy atom. The number of hydrogen-bond donors (Lipinski definition) is 1. The molecule has 0 radical (unpaired) electrons. The molecule has 2 nitrogen and oxygen atoms in total. The topological polar surface area (TPSA) is 24.9 Å². The molecule has 1 rings (SSSR count). The Morgan fingerprint density at radius 2 is 2.36 bits per heavy atom. The Morgan fingerprint density at radius 1 is 1.57 bits per heavy atom. The van der Waals surface area contributed by atoms with E-state index in [1.54, 1.807) is 0 Å². The first-order valence-electron chi connectivity index (χ1n) is 4.99. The molecule has 1 aromatic heterocycles. The van der Waals surface area contributed by atoms with E-state index >= 15 is 0 Å². The lowest BCUT2D eigenvalue weighted by Crippen LogP contribution is -2.23. The predicted molar refractivity (Wildman–Crippen MR) is 60.6 cm³/mol. The molecule has 14 heavy (non-hydrogen) atoms. The van der Waals surface area contributed by atoms with Crippen LogP contribution in [0.2, 0.25) is 0 Å². The van der Waals surface area contributed by atoms with Gasteiger partial charge in [-0.05, 0) is 25.0 Å². The Labute approximate surface area is 90.7 Å². The molecule has 1 atom stereocenters. The molecule has 0 amide bonds. The smallest absolute Gasteiger partial charge is 0.0570 e. The molecular weight excluding hydrogens is 196 g/mol. The lowest BCUT2D eigenvalue weighted by atomic mass is 10.2. The fourth-order valence-corrected chi connectivity index (χ4v) is 1.30. The van der Waals surface area contributed by atoms with Crippen LogP contribution in [-0.4, -0.2) is 16.9 Å². The first-order chi connectivity index (χ1) is 6.74. The van der Waals surface area contributed by atoms with Crippen molar-refractivity contribution in [3.05, 3.63) is 29.6 Å². The fraction of sp³-hybridized carbons (Fsp3) is 0.545. The maximum Gasteiger partial charge on any atom is 0.0570 e. The summed E-state index contributed by atoms with van der Waals surface area (Å²) < 4.78 is 0. The second-order valence-corrected chi connectivity index (χ2v) is 4.02. The molecule has 0 aliphatic heterocycles. The number of aryl methyl sites for hydroxylation is 1. The molecular formula is C11H17ClN2. The van der Waals surface area contributed by atoms with Crippen molar-refractivity contribution in [1.29, 1.82) is 0 Å². The van der Waals surface area contributed by atoms with Gasteiger partial charge in [-0.15, -0.1) is 11.6 Å². The van der Waals surface area contributed by atoms with Crippen molar-refractivity contribution >= 4 is 11.6 Å². The van der Waals surface area contributed by atoms with E-state index in [4.69, 9.17) is 11.6 Å². The van der Waals surface area contributed by atoms with E-state index in [2.05, 4.69) is 30.2 Å². The van der Waals surface area contributed by atoms with Crippen LogP contribution in [0.5, 0.6) is 0 Å². The quantitative estimate of drug-likeness (QED) is 0.759. The number of rotatable bonds is 5. The molecule has 0 fully saturated rings. The van der Waals surface area contributed by atoms with E-state index in [0.29, 0.717) is 0 Å². The zero-order valence-electron chi connectivity index (χ0n) is 8.76. The lowest BCUT2D eigenvalue weighted by Gasteiger charge is -2.09. The molecule has 1 N–H and O–H groups in total. The largest absolute Gasteiger partial charge is 0.310 e. The first kappa shape index (κ1) is 11.5. The van der Waals surface area contributed by atoms with Crippen molar-refractivity contribution in [2.45, 2.75) is 32.2 Å². The van der Waals surface area contributed by atoms with Crippen molar-refractivity contribution in [3.8, 4) is 0 Å². The van der Waals surface area contributed by atoms with E-state index in [1.165, 1.54) is 5.56 Å². The van der Waals surface area contributed by atoms with Crippen LogP contribution >= 0.6 is 11.6 Å². The van der Waals surface area contributed by atoms with E-state index in [0.717, 1.165) is 25.2 Å². The average Bonchev–Trinajstić information content (AvgIpc) is 2.20. The third kappa shape index (κ3) is 3.64. The van der Waals surface area contributed by atoms with Gasteiger partial charge in [0.1, 0.15) is 0 Å². The average molecular weight is 213 g/mol. The highest BCUT2D eigenvalue weighted by atomic mass is 35.5. The van der Waals surface area contributed by atoms with Crippen LogP contribution in [0.3, 0.4) is 0 Å².